The Hall–Kier alpha value is -2.87. The highest BCUT2D eigenvalue weighted by Crippen LogP contribution is 2.34. The quantitative estimate of drug-likeness (QED) is 0.230. The molecular weight excluding hydrogens is 457 g/mol. The highest BCUT2D eigenvalue weighted by atomic mass is 32.2. The third-order valence-corrected chi connectivity index (χ3v) is 5.00. The van der Waals surface area contributed by atoms with Gasteiger partial charge in [0.25, 0.3) is 5.95 Å². The Morgan fingerprint density at radius 1 is 1.10 bits per heavy atom. The van der Waals surface area contributed by atoms with Gasteiger partial charge in [-0.3, -0.25) is 0 Å². The number of pyridine rings is 1. The maximum absolute atomic E-state index is 14.2. The van der Waals surface area contributed by atoms with E-state index < -0.39 is 27.3 Å². The van der Waals surface area contributed by atoms with E-state index in [1.165, 1.54) is 13.3 Å². The normalized spacial score (nSPS) is 12.1. The van der Waals surface area contributed by atoms with E-state index in [1.807, 2.05) is 0 Å². The lowest BCUT2D eigenvalue weighted by Crippen LogP contribution is -2.28. The molecule has 0 fully saturated rings. The molecule has 30 heavy (non-hydrogen) atoms. The summed E-state index contributed by atoms with van der Waals surface area (Å²) in [6.07, 6.45) is 1.18. The standard InChI is InChI=1S/C16H10F5N3O4S2/c1-27-10-4-2-9(3-5-10)14-11(8-24(23-14)29-21)12-6-7-13(15(17)22-12)28-30(25,26)16(18,19)20/h2-8H,1H3. The number of hydrogen-bond acceptors (Lipinski definition) is 7. The van der Waals surface area contributed by atoms with Crippen molar-refractivity contribution in [2.24, 2.45) is 0 Å². The van der Waals surface area contributed by atoms with Crippen LogP contribution in [0.4, 0.5) is 21.4 Å². The van der Waals surface area contributed by atoms with Crippen molar-refractivity contribution in [3.63, 3.8) is 0 Å². The molecule has 3 aromatic rings. The van der Waals surface area contributed by atoms with Crippen LogP contribution in [0.15, 0.2) is 42.6 Å². The Labute approximate surface area is 171 Å². The van der Waals surface area contributed by atoms with E-state index in [1.54, 1.807) is 24.3 Å². The SMILES string of the molecule is COc1ccc(-c2nn(SF)cc2-c2ccc(OS(=O)(=O)C(F)(F)F)c(F)n2)cc1. The molecular formula is C16H10F5N3O4S2. The second kappa shape index (κ2) is 8.10. The summed E-state index contributed by atoms with van der Waals surface area (Å²) >= 11 is -0.251. The zero-order chi connectivity index (χ0) is 22.1. The summed E-state index contributed by atoms with van der Waals surface area (Å²) in [6, 6.07) is 8.09. The molecule has 1 aromatic carbocycles. The molecule has 0 N–H and O–H groups in total. The number of ether oxygens (including phenoxy) is 1. The molecule has 0 bridgehead atoms. The number of methoxy groups -OCH3 is 1. The van der Waals surface area contributed by atoms with E-state index in [4.69, 9.17) is 4.74 Å². The van der Waals surface area contributed by atoms with Crippen LogP contribution in [0.2, 0.25) is 0 Å². The molecule has 2 heterocycles. The summed E-state index contributed by atoms with van der Waals surface area (Å²) in [5.41, 5.74) is -5.07. The van der Waals surface area contributed by atoms with Gasteiger partial charge in [0.15, 0.2) is 18.1 Å². The highest BCUT2D eigenvalue weighted by Gasteiger charge is 2.49. The van der Waals surface area contributed by atoms with Crippen molar-refractivity contribution in [3.05, 3.63) is 48.5 Å². The fraction of sp³-hybridized carbons (Fsp3) is 0.125. The zero-order valence-electron chi connectivity index (χ0n) is 14.7. The van der Waals surface area contributed by atoms with Crippen LogP contribution in [-0.4, -0.2) is 35.2 Å². The maximum atomic E-state index is 14.2. The molecule has 0 aliphatic heterocycles. The summed E-state index contributed by atoms with van der Waals surface area (Å²) in [4.78, 5) is 3.44. The minimum Gasteiger partial charge on any atom is -0.497 e. The summed E-state index contributed by atoms with van der Waals surface area (Å²) in [5.74, 6) is -2.31. The van der Waals surface area contributed by atoms with Crippen molar-refractivity contribution in [2.75, 3.05) is 7.11 Å². The molecule has 160 valence electrons. The van der Waals surface area contributed by atoms with Gasteiger partial charge in [-0.1, -0.05) is 0 Å². The first-order valence-electron chi connectivity index (χ1n) is 7.76. The molecule has 0 radical (unpaired) electrons. The molecule has 0 saturated heterocycles. The lowest BCUT2D eigenvalue weighted by Gasteiger charge is -2.10. The molecule has 2 aromatic heterocycles. The Balaban J connectivity index is 2.02. The first kappa shape index (κ1) is 21.8. The number of nitrogens with zero attached hydrogens (tertiary/aromatic N) is 3. The molecule has 0 aliphatic carbocycles. The van der Waals surface area contributed by atoms with Gasteiger partial charge in [-0.2, -0.15) is 35.2 Å². The van der Waals surface area contributed by atoms with E-state index >= 15 is 0 Å². The maximum Gasteiger partial charge on any atom is 0.534 e. The molecule has 3 rings (SSSR count). The Kier molecular flexibility index (Phi) is 5.90. The predicted octanol–water partition coefficient (Wildman–Crippen LogP) is 4.37. The largest absolute Gasteiger partial charge is 0.534 e. The molecule has 0 atom stereocenters. The molecule has 0 spiro atoms. The van der Waals surface area contributed by atoms with Gasteiger partial charge in [0.05, 0.1) is 19.0 Å². The Morgan fingerprint density at radius 3 is 2.30 bits per heavy atom. The lowest BCUT2D eigenvalue weighted by atomic mass is 10.1. The first-order valence-corrected chi connectivity index (χ1v) is 9.85. The lowest BCUT2D eigenvalue weighted by molar-refractivity contribution is -0.0501. The predicted molar refractivity (Wildman–Crippen MR) is 97.1 cm³/mol. The zero-order valence-corrected chi connectivity index (χ0v) is 16.4. The third-order valence-electron chi connectivity index (χ3n) is 3.70. The van der Waals surface area contributed by atoms with E-state index in [0.717, 1.165) is 10.2 Å². The van der Waals surface area contributed by atoms with Gasteiger partial charge in [0.1, 0.15) is 11.4 Å². The second-order valence-electron chi connectivity index (χ2n) is 5.56. The van der Waals surface area contributed by atoms with Gasteiger partial charge in [-0.15, -0.1) is 3.89 Å². The average Bonchev–Trinajstić information content (AvgIpc) is 3.13. The van der Waals surface area contributed by atoms with Gasteiger partial charge in [-0.25, -0.2) is 4.98 Å². The summed E-state index contributed by atoms with van der Waals surface area (Å²) in [5, 5.41) is 4.00. The smallest absolute Gasteiger partial charge is 0.497 e. The van der Waals surface area contributed by atoms with Crippen molar-refractivity contribution in [3.8, 4) is 34.0 Å². The summed E-state index contributed by atoms with van der Waals surface area (Å²) in [6.45, 7) is 0. The minimum absolute atomic E-state index is 0.134. The molecule has 14 heteroatoms. The fourth-order valence-electron chi connectivity index (χ4n) is 2.34. The van der Waals surface area contributed by atoms with Crippen LogP contribution in [0.25, 0.3) is 22.5 Å². The van der Waals surface area contributed by atoms with E-state index in [2.05, 4.69) is 14.3 Å². The third kappa shape index (κ3) is 4.33. The van der Waals surface area contributed by atoms with Crippen LogP contribution in [0.1, 0.15) is 0 Å². The highest BCUT2D eigenvalue weighted by molar-refractivity contribution is 7.92. The molecule has 0 saturated carbocycles. The monoisotopic (exact) mass is 467 g/mol. The molecule has 0 aliphatic rings. The number of benzene rings is 1. The van der Waals surface area contributed by atoms with Crippen molar-refractivity contribution >= 4 is 22.5 Å². The van der Waals surface area contributed by atoms with Crippen LogP contribution in [-0.2, 0) is 10.1 Å². The van der Waals surface area contributed by atoms with Crippen molar-refractivity contribution in [2.45, 2.75) is 5.51 Å². The topological polar surface area (TPSA) is 83.3 Å². The second-order valence-corrected chi connectivity index (χ2v) is 7.61. The summed E-state index contributed by atoms with van der Waals surface area (Å²) < 4.78 is 96.2. The Morgan fingerprint density at radius 2 is 1.77 bits per heavy atom. The van der Waals surface area contributed by atoms with Crippen LogP contribution in [0, 0.1) is 5.95 Å². The van der Waals surface area contributed by atoms with E-state index in [9.17, 15) is 29.9 Å². The van der Waals surface area contributed by atoms with Gasteiger partial charge >= 0.3 is 15.6 Å². The van der Waals surface area contributed by atoms with Gasteiger partial charge in [0, 0.05) is 11.1 Å². The van der Waals surface area contributed by atoms with Crippen molar-refractivity contribution in [1.82, 2.24) is 14.2 Å². The van der Waals surface area contributed by atoms with Crippen LogP contribution in [0.3, 0.4) is 0 Å². The van der Waals surface area contributed by atoms with Crippen LogP contribution >= 0.6 is 12.3 Å². The van der Waals surface area contributed by atoms with Crippen LogP contribution in [0.5, 0.6) is 11.5 Å². The molecule has 7 nitrogen and oxygen atoms in total. The number of hydrogen-bond donors (Lipinski definition) is 0. The number of rotatable bonds is 6. The Bertz CT molecular complexity index is 1160. The van der Waals surface area contributed by atoms with E-state index in [-0.39, 0.29) is 29.3 Å². The molecule has 0 amide bonds. The first-order chi connectivity index (χ1) is 14.1. The average molecular weight is 467 g/mol. The number of aromatic nitrogens is 3. The van der Waals surface area contributed by atoms with Gasteiger partial charge in [0.2, 0.25) is 0 Å². The fourth-order valence-corrected chi connectivity index (χ4v) is 3.05. The van der Waals surface area contributed by atoms with Crippen molar-refractivity contribution < 1.29 is 38.8 Å². The van der Waals surface area contributed by atoms with E-state index in [0.29, 0.717) is 17.4 Å². The number of alkyl halides is 3. The van der Waals surface area contributed by atoms with Crippen LogP contribution < -0.4 is 8.92 Å². The minimum atomic E-state index is -6.07. The van der Waals surface area contributed by atoms with Gasteiger partial charge < -0.3 is 8.92 Å². The summed E-state index contributed by atoms with van der Waals surface area (Å²) in [7, 11) is -4.61. The molecule has 0 unspecified atom stereocenters. The van der Waals surface area contributed by atoms with Gasteiger partial charge in [-0.05, 0) is 36.4 Å². The van der Waals surface area contributed by atoms with Crippen molar-refractivity contribution in [1.29, 1.82) is 0 Å². The number of halogens is 5.